The predicted octanol–water partition coefficient (Wildman–Crippen LogP) is 1.90. The molecule has 1 heterocycles. The molecule has 1 unspecified atom stereocenters. The van der Waals surface area contributed by atoms with Gasteiger partial charge in [0.15, 0.2) is 9.84 Å². The number of hydrogen-bond acceptors (Lipinski definition) is 3. The summed E-state index contributed by atoms with van der Waals surface area (Å²) in [6, 6.07) is 0. The Bertz CT molecular complexity index is 355. The molecule has 1 rings (SSSR count). The average molecular weight is 217 g/mol. The van der Waals surface area contributed by atoms with Crippen molar-refractivity contribution in [2.45, 2.75) is 31.4 Å². The molecule has 1 atom stereocenters. The Hall–Kier alpha value is -0.740. The number of rotatable bonds is 3. The van der Waals surface area contributed by atoms with Crippen LogP contribution in [0, 0.1) is 5.92 Å². The van der Waals surface area contributed by atoms with E-state index in [1.165, 1.54) is 0 Å². The molecule has 0 saturated carbocycles. The third-order valence-electron chi connectivity index (χ3n) is 3.16. The van der Waals surface area contributed by atoms with Gasteiger partial charge >= 0.3 is 0 Å². The van der Waals surface area contributed by atoms with Crippen molar-refractivity contribution in [3.05, 3.63) is 10.4 Å². The first-order valence-electron chi connectivity index (χ1n) is 4.65. The SMILES string of the molecule is CC1(C)C(CCN=[N+]=[N-])CCS1(=O)=O. The molecular formula is C8H15N3O2S. The quantitative estimate of drug-likeness (QED) is 0.411. The van der Waals surface area contributed by atoms with Crippen molar-refractivity contribution in [3.8, 4) is 0 Å². The zero-order valence-electron chi connectivity index (χ0n) is 8.47. The fourth-order valence-electron chi connectivity index (χ4n) is 1.91. The van der Waals surface area contributed by atoms with Crippen LogP contribution in [0.25, 0.3) is 10.4 Å². The van der Waals surface area contributed by atoms with Gasteiger partial charge in [-0.2, -0.15) is 0 Å². The molecule has 80 valence electrons. The van der Waals surface area contributed by atoms with E-state index in [2.05, 4.69) is 10.0 Å². The first-order chi connectivity index (χ1) is 6.42. The second kappa shape index (κ2) is 3.79. The molecule has 0 aromatic heterocycles. The summed E-state index contributed by atoms with van der Waals surface area (Å²) in [5.41, 5.74) is 8.11. The molecule has 6 heteroatoms. The maximum Gasteiger partial charge on any atom is 0.155 e. The maximum atomic E-state index is 11.6. The van der Waals surface area contributed by atoms with Gasteiger partial charge < -0.3 is 0 Å². The molecule has 0 N–H and O–H groups in total. The van der Waals surface area contributed by atoms with Crippen molar-refractivity contribution in [3.63, 3.8) is 0 Å². The van der Waals surface area contributed by atoms with Gasteiger partial charge in [-0.05, 0) is 38.1 Å². The van der Waals surface area contributed by atoms with Crippen LogP contribution in [0.1, 0.15) is 26.7 Å². The fraction of sp³-hybridized carbons (Fsp3) is 1.00. The van der Waals surface area contributed by atoms with Crippen molar-refractivity contribution < 1.29 is 8.42 Å². The second-order valence-corrected chi connectivity index (χ2v) is 6.84. The van der Waals surface area contributed by atoms with Gasteiger partial charge in [-0.25, -0.2) is 8.42 Å². The lowest BCUT2D eigenvalue weighted by Crippen LogP contribution is -2.33. The molecule has 0 radical (unpaired) electrons. The first kappa shape index (κ1) is 11.3. The van der Waals surface area contributed by atoms with Crippen molar-refractivity contribution in [1.29, 1.82) is 0 Å². The molecule has 0 aromatic carbocycles. The van der Waals surface area contributed by atoms with Crippen LogP contribution in [0.3, 0.4) is 0 Å². The lowest BCUT2D eigenvalue weighted by atomic mass is 9.90. The fourth-order valence-corrected chi connectivity index (χ4v) is 3.78. The van der Waals surface area contributed by atoms with Gasteiger partial charge in [0.2, 0.25) is 0 Å². The van der Waals surface area contributed by atoms with Crippen molar-refractivity contribution >= 4 is 9.84 Å². The standard InChI is InChI=1S/C8H15N3O2S/c1-8(2)7(3-5-10-11-9)4-6-14(8,12)13/h7H,3-6H2,1-2H3. The molecule has 0 amide bonds. The van der Waals surface area contributed by atoms with E-state index in [1.54, 1.807) is 13.8 Å². The van der Waals surface area contributed by atoms with Gasteiger partial charge in [0.25, 0.3) is 0 Å². The maximum absolute atomic E-state index is 11.6. The van der Waals surface area contributed by atoms with Crippen molar-refractivity contribution in [2.75, 3.05) is 12.3 Å². The van der Waals surface area contributed by atoms with Crippen LogP contribution >= 0.6 is 0 Å². The van der Waals surface area contributed by atoms with Gasteiger partial charge in [-0.15, -0.1) is 0 Å². The Kier molecular flexibility index (Phi) is 3.07. The minimum absolute atomic E-state index is 0.123. The molecule has 1 saturated heterocycles. The lowest BCUT2D eigenvalue weighted by Gasteiger charge is -2.24. The second-order valence-electron chi connectivity index (χ2n) is 4.15. The monoisotopic (exact) mass is 217 g/mol. The Morgan fingerprint density at radius 2 is 2.21 bits per heavy atom. The summed E-state index contributed by atoms with van der Waals surface area (Å²) in [7, 11) is -2.95. The van der Waals surface area contributed by atoms with E-state index in [-0.39, 0.29) is 11.7 Å². The van der Waals surface area contributed by atoms with E-state index in [4.69, 9.17) is 5.53 Å². The number of azide groups is 1. The van der Waals surface area contributed by atoms with Gasteiger partial charge in [-0.3, -0.25) is 0 Å². The topological polar surface area (TPSA) is 82.9 Å². The van der Waals surface area contributed by atoms with Crippen molar-refractivity contribution in [2.24, 2.45) is 11.0 Å². The summed E-state index contributed by atoms with van der Waals surface area (Å²) in [6.45, 7) is 3.91. The molecule has 0 spiro atoms. The van der Waals surface area contributed by atoms with Crippen LogP contribution in [0.4, 0.5) is 0 Å². The Balaban J connectivity index is 2.70. The summed E-state index contributed by atoms with van der Waals surface area (Å²) in [4.78, 5) is 2.66. The number of nitrogens with zero attached hydrogens (tertiary/aromatic N) is 3. The highest BCUT2D eigenvalue weighted by atomic mass is 32.2. The van der Waals surface area contributed by atoms with Gasteiger partial charge in [0.05, 0.1) is 10.5 Å². The normalized spacial score (nSPS) is 28.3. The molecule has 0 bridgehead atoms. The molecule has 1 aliphatic heterocycles. The largest absolute Gasteiger partial charge is 0.228 e. The zero-order valence-corrected chi connectivity index (χ0v) is 9.29. The van der Waals surface area contributed by atoms with E-state index in [0.29, 0.717) is 19.4 Å². The molecule has 0 aliphatic carbocycles. The highest BCUT2D eigenvalue weighted by Crippen LogP contribution is 2.39. The Labute approximate surface area is 84.0 Å². The Morgan fingerprint density at radius 1 is 1.57 bits per heavy atom. The van der Waals surface area contributed by atoms with Crippen LogP contribution in [0.2, 0.25) is 0 Å². The molecule has 5 nitrogen and oxygen atoms in total. The highest BCUT2D eigenvalue weighted by molar-refractivity contribution is 7.93. The van der Waals surface area contributed by atoms with Crippen LogP contribution in [-0.2, 0) is 9.84 Å². The number of sulfone groups is 1. The molecule has 0 aromatic rings. The molecule has 1 fully saturated rings. The summed E-state index contributed by atoms with van der Waals surface area (Å²) in [5.74, 6) is 0.388. The molecule has 14 heavy (non-hydrogen) atoms. The van der Waals surface area contributed by atoms with Crippen LogP contribution in [0.5, 0.6) is 0 Å². The minimum atomic E-state index is -2.95. The van der Waals surface area contributed by atoms with Gasteiger partial charge in [0.1, 0.15) is 0 Å². The first-order valence-corrected chi connectivity index (χ1v) is 6.30. The lowest BCUT2D eigenvalue weighted by molar-refractivity contribution is 0.400. The van der Waals surface area contributed by atoms with Crippen LogP contribution in [0.15, 0.2) is 5.11 Å². The van der Waals surface area contributed by atoms with Crippen molar-refractivity contribution in [1.82, 2.24) is 0 Å². The van der Waals surface area contributed by atoms with Gasteiger partial charge in [-0.1, -0.05) is 5.11 Å². The van der Waals surface area contributed by atoms with E-state index < -0.39 is 14.6 Å². The van der Waals surface area contributed by atoms with E-state index in [9.17, 15) is 8.42 Å². The summed E-state index contributed by atoms with van der Waals surface area (Å²) in [6.07, 6.45) is 1.35. The summed E-state index contributed by atoms with van der Waals surface area (Å²) >= 11 is 0. The summed E-state index contributed by atoms with van der Waals surface area (Å²) in [5, 5.41) is 3.43. The average Bonchev–Trinajstić information content (AvgIpc) is 2.27. The molecular weight excluding hydrogens is 202 g/mol. The molecule has 1 aliphatic rings. The Morgan fingerprint density at radius 3 is 2.64 bits per heavy atom. The predicted molar refractivity (Wildman–Crippen MR) is 54.6 cm³/mol. The van der Waals surface area contributed by atoms with Gasteiger partial charge in [0, 0.05) is 11.5 Å². The zero-order chi connectivity index (χ0) is 10.8. The van der Waals surface area contributed by atoms with E-state index in [1.807, 2.05) is 0 Å². The highest BCUT2D eigenvalue weighted by Gasteiger charge is 2.46. The van der Waals surface area contributed by atoms with Crippen LogP contribution < -0.4 is 0 Å². The minimum Gasteiger partial charge on any atom is -0.228 e. The third-order valence-corrected chi connectivity index (χ3v) is 5.87. The third kappa shape index (κ3) is 1.86. The summed E-state index contributed by atoms with van der Waals surface area (Å²) < 4.78 is 22.6. The smallest absolute Gasteiger partial charge is 0.155 e. The van der Waals surface area contributed by atoms with Crippen LogP contribution in [-0.4, -0.2) is 25.5 Å². The van der Waals surface area contributed by atoms with E-state index >= 15 is 0 Å². The number of hydrogen-bond donors (Lipinski definition) is 0. The van der Waals surface area contributed by atoms with E-state index in [0.717, 1.165) is 0 Å².